The van der Waals surface area contributed by atoms with E-state index in [1.54, 1.807) is 18.6 Å². The summed E-state index contributed by atoms with van der Waals surface area (Å²) in [5.41, 5.74) is 0.658. The van der Waals surface area contributed by atoms with Crippen molar-refractivity contribution >= 4 is 16.9 Å². The molecule has 0 spiro atoms. The minimum Gasteiger partial charge on any atom is -0.383 e. The first-order valence-electron chi connectivity index (χ1n) is 8.74. The van der Waals surface area contributed by atoms with Crippen molar-refractivity contribution in [2.45, 2.75) is 32.4 Å². The molecule has 4 rings (SSSR count). The maximum Gasteiger partial charge on any atom is 0.324 e. The van der Waals surface area contributed by atoms with Gasteiger partial charge < -0.3 is 14.2 Å². The highest BCUT2D eigenvalue weighted by Crippen LogP contribution is 2.34. The number of aryl methyl sites for hydroxylation is 1. The number of nitrogens with zero attached hydrogens (tertiary/aromatic N) is 5. The van der Waals surface area contributed by atoms with Gasteiger partial charge in [0, 0.05) is 13.7 Å². The standard InChI is InChI=1S/C18H21N5O3/c1-12-19-18(26-21-12)22-9-5-8-15(22)16-20-14-7-4-3-6-13(14)17(24)23(16)10-11-25-2/h3-4,6-7,15H,5,8-11H2,1-2H3. The molecule has 1 aliphatic heterocycles. The summed E-state index contributed by atoms with van der Waals surface area (Å²) in [7, 11) is 1.63. The zero-order valence-electron chi connectivity index (χ0n) is 14.9. The molecule has 0 bridgehead atoms. The predicted octanol–water partition coefficient (Wildman–Crippen LogP) is 2.08. The van der Waals surface area contributed by atoms with Gasteiger partial charge in [-0.15, -0.1) is 0 Å². The van der Waals surface area contributed by atoms with Crippen LogP contribution in [-0.2, 0) is 11.3 Å². The summed E-state index contributed by atoms with van der Waals surface area (Å²) >= 11 is 0. The largest absolute Gasteiger partial charge is 0.383 e. The molecule has 1 aromatic carbocycles. The minimum absolute atomic E-state index is 0.0452. The van der Waals surface area contributed by atoms with E-state index in [1.165, 1.54) is 0 Å². The number of aromatic nitrogens is 4. The van der Waals surface area contributed by atoms with Crippen molar-refractivity contribution in [2.24, 2.45) is 0 Å². The van der Waals surface area contributed by atoms with Crippen molar-refractivity contribution in [1.29, 1.82) is 0 Å². The zero-order chi connectivity index (χ0) is 18.1. The fourth-order valence-electron chi connectivity index (χ4n) is 3.51. The van der Waals surface area contributed by atoms with Gasteiger partial charge in [0.1, 0.15) is 5.82 Å². The molecule has 0 aliphatic carbocycles. The normalized spacial score (nSPS) is 17.3. The van der Waals surface area contributed by atoms with Gasteiger partial charge in [0.05, 0.1) is 30.1 Å². The Labute approximate surface area is 150 Å². The number of benzene rings is 1. The molecule has 136 valence electrons. The molecule has 1 fully saturated rings. The highest BCUT2D eigenvalue weighted by molar-refractivity contribution is 5.77. The number of methoxy groups -OCH3 is 1. The molecule has 3 heterocycles. The summed E-state index contributed by atoms with van der Waals surface area (Å²) < 4.78 is 12.3. The first-order valence-corrected chi connectivity index (χ1v) is 8.74. The van der Waals surface area contributed by atoms with Crippen LogP contribution in [0.25, 0.3) is 10.9 Å². The van der Waals surface area contributed by atoms with E-state index in [-0.39, 0.29) is 11.6 Å². The highest BCUT2D eigenvalue weighted by Gasteiger charge is 2.33. The van der Waals surface area contributed by atoms with Crippen molar-refractivity contribution in [3.8, 4) is 0 Å². The van der Waals surface area contributed by atoms with Crippen LogP contribution in [0.5, 0.6) is 0 Å². The molecule has 8 heteroatoms. The number of hydrogen-bond donors (Lipinski definition) is 0. The summed E-state index contributed by atoms with van der Waals surface area (Å²) in [6, 6.07) is 7.83. The quantitative estimate of drug-likeness (QED) is 0.692. The summed E-state index contributed by atoms with van der Waals surface area (Å²) in [6.45, 7) is 3.48. The molecule has 0 amide bonds. The van der Waals surface area contributed by atoms with Gasteiger partial charge in [-0.1, -0.05) is 17.3 Å². The molecule has 1 aliphatic rings. The molecular formula is C18H21N5O3. The second kappa shape index (κ2) is 6.87. The molecule has 0 saturated carbocycles. The van der Waals surface area contributed by atoms with Crippen LogP contribution in [0, 0.1) is 6.92 Å². The van der Waals surface area contributed by atoms with Gasteiger partial charge in [-0.2, -0.15) is 4.98 Å². The number of ether oxygens (including phenoxy) is 1. The van der Waals surface area contributed by atoms with E-state index < -0.39 is 0 Å². The van der Waals surface area contributed by atoms with E-state index in [4.69, 9.17) is 14.2 Å². The van der Waals surface area contributed by atoms with E-state index in [0.29, 0.717) is 35.9 Å². The van der Waals surface area contributed by atoms with Gasteiger partial charge >= 0.3 is 6.01 Å². The Balaban J connectivity index is 1.84. The topological polar surface area (TPSA) is 86.3 Å². The van der Waals surface area contributed by atoms with Crippen LogP contribution in [0.3, 0.4) is 0 Å². The van der Waals surface area contributed by atoms with E-state index in [9.17, 15) is 4.79 Å². The first-order chi connectivity index (χ1) is 12.7. The monoisotopic (exact) mass is 355 g/mol. The smallest absolute Gasteiger partial charge is 0.324 e. The van der Waals surface area contributed by atoms with Gasteiger partial charge in [0.15, 0.2) is 5.82 Å². The Morgan fingerprint density at radius 2 is 2.15 bits per heavy atom. The van der Waals surface area contributed by atoms with Gasteiger partial charge in [-0.25, -0.2) is 4.98 Å². The molecule has 3 aromatic rings. The second-order valence-electron chi connectivity index (χ2n) is 6.41. The molecule has 26 heavy (non-hydrogen) atoms. The van der Waals surface area contributed by atoms with E-state index in [2.05, 4.69) is 10.1 Å². The Kier molecular flexibility index (Phi) is 4.42. The Morgan fingerprint density at radius 1 is 1.31 bits per heavy atom. The van der Waals surface area contributed by atoms with Crippen LogP contribution in [0.4, 0.5) is 6.01 Å². The lowest BCUT2D eigenvalue weighted by Gasteiger charge is -2.24. The second-order valence-corrected chi connectivity index (χ2v) is 6.41. The maximum atomic E-state index is 13.1. The lowest BCUT2D eigenvalue weighted by atomic mass is 10.1. The molecule has 8 nitrogen and oxygen atoms in total. The lowest BCUT2D eigenvalue weighted by molar-refractivity contribution is 0.184. The molecule has 1 saturated heterocycles. The molecule has 0 radical (unpaired) electrons. The van der Waals surface area contributed by atoms with Crippen molar-refractivity contribution in [1.82, 2.24) is 19.7 Å². The Bertz CT molecular complexity index is 980. The zero-order valence-corrected chi connectivity index (χ0v) is 14.9. The van der Waals surface area contributed by atoms with Crippen molar-refractivity contribution < 1.29 is 9.26 Å². The van der Waals surface area contributed by atoms with Crippen molar-refractivity contribution in [3.05, 3.63) is 46.3 Å². The minimum atomic E-state index is -0.0796. The molecule has 0 N–H and O–H groups in total. The fraction of sp³-hybridized carbons (Fsp3) is 0.444. The van der Waals surface area contributed by atoms with Crippen LogP contribution in [-0.4, -0.2) is 40.0 Å². The van der Waals surface area contributed by atoms with Gasteiger partial charge in [-0.05, 0) is 31.9 Å². The summed E-state index contributed by atoms with van der Waals surface area (Å²) in [6.07, 6.45) is 1.85. The maximum absolute atomic E-state index is 13.1. The summed E-state index contributed by atoms with van der Waals surface area (Å²) in [4.78, 5) is 24.3. The van der Waals surface area contributed by atoms with E-state index in [1.807, 2.05) is 29.2 Å². The predicted molar refractivity (Wildman–Crippen MR) is 96.2 cm³/mol. The number of hydrogen-bond acceptors (Lipinski definition) is 7. The average molecular weight is 355 g/mol. The van der Waals surface area contributed by atoms with Gasteiger partial charge in [0.2, 0.25) is 0 Å². The Morgan fingerprint density at radius 3 is 2.92 bits per heavy atom. The third-order valence-electron chi connectivity index (χ3n) is 4.72. The van der Waals surface area contributed by atoms with Crippen LogP contribution in [0.15, 0.2) is 33.6 Å². The van der Waals surface area contributed by atoms with Gasteiger partial charge in [0.25, 0.3) is 5.56 Å². The lowest BCUT2D eigenvalue weighted by Crippen LogP contribution is -2.33. The SMILES string of the molecule is COCCn1c(C2CCCN2c2nc(C)no2)nc2ccccc2c1=O. The average Bonchev–Trinajstić information content (AvgIpc) is 3.29. The van der Waals surface area contributed by atoms with Crippen molar-refractivity contribution in [3.63, 3.8) is 0 Å². The first kappa shape index (κ1) is 16.7. The molecule has 1 unspecified atom stereocenters. The number of anilines is 1. The van der Waals surface area contributed by atoms with Gasteiger partial charge in [-0.3, -0.25) is 9.36 Å². The number of rotatable bonds is 5. The summed E-state index contributed by atoms with van der Waals surface area (Å²) in [5, 5.41) is 4.51. The third kappa shape index (κ3) is 2.86. The fourth-order valence-corrected chi connectivity index (χ4v) is 3.51. The van der Waals surface area contributed by atoms with Crippen LogP contribution in [0.1, 0.15) is 30.5 Å². The van der Waals surface area contributed by atoms with E-state index >= 15 is 0 Å². The highest BCUT2D eigenvalue weighted by atomic mass is 16.5. The van der Waals surface area contributed by atoms with Crippen LogP contribution < -0.4 is 10.5 Å². The molecule has 2 aromatic heterocycles. The van der Waals surface area contributed by atoms with E-state index in [0.717, 1.165) is 25.2 Å². The van der Waals surface area contributed by atoms with Crippen LogP contribution >= 0.6 is 0 Å². The third-order valence-corrected chi connectivity index (χ3v) is 4.72. The summed E-state index contributed by atoms with van der Waals surface area (Å²) in [5.74, 6) is 1.31. The molecule has 1 atom stereocenters. The number of fused-ring (bicyclic) bond motifs is 1. The van der Waals surface area contributed by atoms with Crippen LogP contribution in [0.2, 0.25) is 0 Å². The van der Waals surface area contributed by atoms with Crippen molar-refractivity contribution in [2.75, 3.05) is 25.2 Å². The Hall–Kier alpha value is -2.74. The molecular weight excluding hydrogens is 334 g/mol. The number of para-hydroxylation sites is 1.